The second kappa shape index (κ2) is 6.10. The Bertz CT molecular complexity index is 793. The van der Waals surface area contributed by atoms with Crippen LogP contribution in [0.1, 0.15) is 28.8 Å². The number of rotatable bonds is 2. The number of benzene rings is 1. The van der Waals surface area contributed by atoms with Gasteiger partial charge in [-0.3, -0.25) is 9.59 Å². The molecule has 1 N–H and O–H groups in total. The second-order valence-electron chi connectivity index (χ2n) is 5.99. The van der Waals surface area contributed by atoms with E-state index < -0.39 is 12.3 Å². The molecule has 1 aliphatic heterocycles. The summed E-state index contributed by atoms with van der Waals surface area (Å²) in [6.45, 7) is 2.41. The average molecular weight is 320 g/mol. The number of H-pyrrole nitrogens is 1. The largest absolute Gasteiger partial charge is 0.360 e. The van der Waals surface area contributed by atoms with Crippen LogP contribution in [0.4, 0.5) is 8.78 Å². The number of para-hydroxylation sites is 1. The number of hydrogen-bond acceptors (Lipinski definition) is 2. The van der Waals surface area contributed by atoms with Crippen molar-refractivity contribution in [2.45, 2.75) is 26.2 Å². The van der Waals surface area contributed by atoms with E-state index in [2.05, 4.69) is 4.98 Å². The second-order valence-corrected chi connectivity index (χ2v) is 5.99. The van der Waals surface area contributed by atoms with Crippen LogP contribution in [0, 0.1) is 12.8 Å². The quantitative estimate of drug-likeness (QED) is 0.925. The van der Waals surface area contributed by atoms with Gasteiger partial charge >= 0.3 is 0 Å². The molecule has 0 unspecified atom stereocenters. The molecular formula is C17H18F2N2O2. The minimum atomic E-state index is -2.35. The number of carbonyl (C=O) groups excluding carboxylic acids is 1. The number of carbonyl (C=O) groups is 1. The summed E-state index contributed by atoms with van der Waals surface area (Å²) in [6.07, 6.45) is -0.374. The normalized spacial score (nSPS) is 16.3. The number of likely N-dealkylation sites (tertiary alicyclic amines) is 1. The van der Waals surface area contributed by atoms with Crippen molar-refractivity contribution < 1.29 is 13.6 Å². The SMILES string of the molecule is Cc1cccc2c(=O)c(C(=O)N3CCC(C(F)F)CC3)c[nH]c12. The monoisotopic (exact) mass is 320 g/mol. The van der Waals surface area contributed by atoms with Gasteiger partial charge < -0.3 is 9.88 Å². The molecule has 0 atom stereocenters. The van der Waals surface area contributed by atoms with Crippen molar-refractivity contribution in [1.29, 1.82) is 0 Å². The van der Waals surface area contributed by atoms with E-state index in [0.717, 1.165) is 5.56 Å². The molecule has 0 saturated carbocycles. The average Bonchev–Trinajstić information content (AvgIpc) is 2.55. The first-order valence-corrected chi connectivity index (χ1v) is 7.67. The Morgan fingerprint density at radius 2 is 2.00 bits per heavy atom. The molecule has 3 rings (SSSR count). The van der Waals surface area contributed by atoms with E-state index in [-0.39, 0.29) is 42.8 Å². The Morgan fingerprint density at radius 3 is 2.65 bits per heavy atom. The highest BCUT2D eigenvalue weighted by Crippen LogP contribution is 2.24. The van der Waals surface area contributed by atoms with Crippen LogP contribution in [-0.4, -0.2) is 35.3 Å². The van der Waals surface area contributed by atoms with Crippen LogP contribution in [0.25, 0.3) is 10.9 Å². The molecule has 4 nitrogen and oxygen atoms in total. The van der Waals surface area contributed by atoms with Gasteiger partial charge in [0.05, 0.1) is 5.52 Å². The molecule has 0 spiro atoms. The molecule has 6 heteroatoms. The van der Waals surface area contributed by atoms with E-state index in [9.17, 15) is 18.4 Å². The first-order chi connectivity index (χ1) is 11.0. The topological polar surface area (TPSA) is 53.2 Å². The van der Waals surface area contributed by atoms with Gasteiger partial charge in [-0.1, -0.05) is 12.1 Å². The fraction of sp³-hybridized carbons (Fsp3) is 0.412. The van der Waals surface area contributed by atoms with Crippen molar-refractivity contribution in [3.63, 3.8) is 0 Å². The molecule has 1 aromatic heterocycles. The predicted octanol–water partition coefficient (Wildman–Crippen LogP) is 2.95. The molecule has 1 aromatic carbocycles. The van der Waals surface area contributed by atoms with E-state index >= 15 is 0 Å². The number of hydrogen-bond donors (Lipinski definition) is 1. The summed E-state index contributed by atoms with van der Waals surface area (Å²) in [4.78, 5) is 29.6. The van der Waals surface area contributed by atoms with Crippen LogP contribution in [-0.2, 0) is 0 Å². The Labute approximate surface area is 132 Å². The minimum Gasteiger partial charge on any atom is -0.360 e. The number of aromatic nitrogens is 1. The first-order valence-electron chi connectivity index (χ1n) is 7.67. The number of nitrogens with one attached hydrogen (secondary N) is 1. The van der Waals surface area contributed by atoms with Crippen molar-refractivity contribution in [2.24, 2.45) is 5.92 Å². The molecule has 1 amide bonds. The number of nitrogens with zero attached hydrogens (tertiary/aromatic N) is 1. The van der Waals surface area contributed by atoms with Gasteiger partial charge in [0.25, 0.3) is 5.91 Å². The van der Waals surface area contributed by atoms with Crippen molar-refractivity contribution in [1.82, 2.24) is 9.88 Å². The zero-order valence-corrected chi connectivity index (χ0v) is 12.8. The minimum absolute atomic E-state index is 0.0681. The van der Waals surface area contributed by atoms with E-state index in [0.29, 0.717) is 10.9 Å². The van der Waals surface area contributed by atoms with Crippen LogP contribution in [0.15, 0.2) is 29.2 Å². The smallest absolute Gasteiger partial charge is 0.259 e. The summed E-state index contributed by atoms with van der Waals surface area (Å²) in [7, 11) is 0. The van der Waals surface area contributed by atoms with Crippen LogP contribution < -0.4 is 5.43 Å². The third kappa shape index (κ3) is 2.85. The summed E-state index contributed by atoms with van der Waals surface area (Å²) >= 11 is 0. The number of pyridine rings is 1. The third-order valence-electron chi connectivity index (χ3n) is 4.54. The molecule has 2 heterocycles. The highest BCUT2D eigenvalue weighted by atomic mass is 19.3. The lowest BCUT2D eigenvalue weighted by Crippen LogP contribution is -2.41. The number of aromatic amines is 1. The number of alkyl halides is 2. The summed E-state index contributed by atoms with van der Waals surface area (Å²) in [5, 5.41) is 0.471. The van der Waals surface area contributed by atoms with Crippen molar-refractivity contribution in [3.8, 4) is 0 Å². The van der Waals surface area contributed by atoms with Gasteiger partial charge in [0, 0.05) is 30.6 Å². The molecule has 2 aromatic rings. The lowest BCUT2D eigenvalue weighted by atomic mass is 9.97. The fourth-order valence-electron chi connectivity index (χ4n) is 3.09. The summed E-state index contributed by atoms with van der Waals surface area (Å²) in [5.41, 5.74) is 1.39. The Kier molecular flexibility index (Phi) is 4.15. The summed E-state index contributed by atoms with van der Waals surface area (Å²) in [6, 6.07) is 5.34. The lowest BCUT2D eigenvalue weighted by molar-refractivity contribution is 0.0310. The van der Waals surface area contributed by atoms with Crippen molar-refractivity contribution in [3.05, 3.63) is 45.7 Å². The maximum Gasteiger partial charge on any atom is 0.259 e. The van der Waals surface area contributed by atoms with Gasteiger partial charge in [-0.15, -0.1) is 0 Å². The van der Waals surface area contributed by atoms with E-state index in [1.807, 2.05) is 13.0 Å². The number of amides is 1. The highest BCUT2D eigenvalue weighted by Gasteiger charge is 2.29. The van der Waals surface area contributed by atoms with Gasteiger partial charge in [0.15, 0.2) is 0 Å². The van der Waals surface area contributed by atoms with Gasteiger partial charge in [-0.25, -0.2) is 8.78 Å². The molecular weight excluding hydrogens is 302 g/mol. The predicted molar refractivity (Wildman–Crippen MR) is 83.9 cm³/mol. The van der Waals surface area contributed by atoms with Crippen molar-refractivity contribution >= 4 is 16.8 Å². The molecule has 23 heavy (non-hydrogen) atoms. The van der Waals surface area contributed by atoms with Crippen LogP contribution in [0.2, 0.25) is 0 Å². The van der Waals surface area contributed by atoms with Gasteiger partial charge in [-0.05, 0) is 31.4 Å². The third-order valence-corrected chi connectivity index (χ3v) is 4.54. The fourth-order valence-corrected chi connectivity index (χ4v) is 3.09. The van der Waals surface area contributed by atoms with Crippen LogP contribution in [0.5, 0.6) is 0 Å². The standard InChI is InChI=1S/C17H18F2N2O2/c1-10-3-2-4-12-14(10)20-9-13(15(12)22)17(23)21-7-5-11(6-8-21)16(18)19/h2-4,9,11,16H,5-8H2,1H3,(H,20,22). The molecule has 1 saturated heterocycles. The molecule has 1 fully saturated rings. The molecule has 1 aliphatic rings. The van der Waals surface area contributed by atoms with Gasteiger partial charge in [0.2, 0.25) is 11.9 Å². The molecule has 122 valence electrons. The number of halogens is 2. The zero-order valence-electron chi connectivity index (χ0n) is 12.8. The molecule has 0 aliphatic carbocycles. The number of piperidine rings is 1. The van der Waals surface area contributed by atoms with E-state index in [1.54, 1.807) is 12.1 Å². The maximum absolute atomic E-state index is 12.7. The molecule has 0 radical (unpaired) electrons. The summed E-state index contributed by atoms with van der Waals surface area (Å²) in [5.74, 6) is -1.04. The van der Waals surface area contributed by atoms with Gasteiger partial charge in [0.1, 0.15) is 5.56 Å². The molecule has 0 bridgehead atoms. The maximum atomic E-state index is 12.7. The number of aryl methyl sites for hydroxylation is 1. The number of fused-ring (bicyclic) bond motifs is 1. The highest BCUT2D eigenvalue weighted by molar-refractivity contribution is 5.97. The summed E-state index contributed by atoms with van der Waals surface area (Å²) < 4.78 is 25.4. The van der Waals surface area contributed by atoms with Crippen molar-refractivity contribution in [2.75, 3.05) is 13.1 Å². The Morgan fingerprint density at radius 1 is 1.30 bits per heavy atom. The van der Waals surface area contributed by atoms with E-state index in [1.165, 1.54) is 11.1 Å². The zero-order chi connectivity index (χ0) is 16.6. The van der Waals surface area contributed by atoms with Crippen LogP contribution >= 0.6 is 0 Å². The Balaban J connectivity index is 1.88. The first kappa shape index (κ1) is 15.6. The lowest BCUT2D eigenvalue weighted by Gasteiger charge is -2.31. The van der Waals surface area contributed by atoms with E-state index in [4.69, 9.17) is 0 Å². The van der Waals surface area contributed by atoms with Crippen LogP contribution in [0.3, 0.4) is 0 Å². The van der Waals surface area contributed by atoms with Gasteiger partial charge in [-0.2, -0.15) is 0 Å². The Hall–Kier alpha value is -2.24.